The summed E-state index contributed by atoms with van der Waals surface area (Å²) < 4.78 is 1.70. The molecule has 168 valence electrons. The standard InChI is InChI=1S/C22H26N6O3S/c1-3-14-6-8-16(9-7-14)25-17(29)12-28-13-24-19-18(21(28)31)32-22(26-19)27-10-4-5-15(11-27)20(30)23-2/h6-9,13,15H,3-5,10-12H2,1-2H3,(H,23,30)(H,25,29)/t15-/m0/s1. The maximum atomic E-state index is 12.9. The van der Waals surface area contributed by atoms with Crippen LogP contribution < -0.4 is 21.1 Å². The molecular weight excluding hydrogens is 428 g/mol. The van der Waals surface area contributed by atoms with E-state index in [2.05, 4.69) is 27.5 Å². The number of benzene rings is 1. The summed E-state index contributed by atoms with van der Waals surface area (Å²) in [6, 6.07) is 7.62. The number of nitrogens with zero attached hydrogens (tertiary/aromatic N) is 4. The number of amides is 2. The number of rotatable bonds is 6. The molecule has 1 atom stereocenters. The third kappa shape index (κ3) is 4.64. The molecule has 1 fully saturated rings. The summed E-state index contributed by atoms with van der Waals surface area (Å²) in [4.78, 5) is 48.2. The van der Waals surface area contributed by atoms with Crippen LogP contribution in [0.1, 0.15) is 25.3 Å². The molecule has 1 aromatic carbocycles. The van der Waals surface area contributed by atoms with Crippen molar-refractivity contribution in [2.24, 2.45) is 5.92 Å². The molecule has 9 nitrogen and oxygen atoms in total. The molecule has 3 aromatic rings. The molecule has 0 saturated carbocycles. The van der Waals surface area contributed by atoms with Crippen LogP contribution in [0.3, 0.4) is 0 Å². The largest absolute Gasteiger partial charge is 0.359 e. The molecule has 2 N–H and O–H groups in total. The zero-order valence-corrected chi connectivity index (χ0v) is 18.9. The van der Waals surface area contributed by atoms with E-state index in [1.807, 2.05) is 29.2 Å². The second-order valence-corrected chi connectivity index (χ2v) is 8.80. The molecule has 0 bridgehead atoms. The van der Waals surface area contributed by atoms with Gasteiger partial charge in [0.15, 0.2) is 10.8 Å². The number of aromatic nitrogens is 3. The molecule has 10 heteroatoms. The predicted octanol–water partition coefficient (Wildman–Crippen LogP) is 2.02. The molecule has 0 aliphatic carbocycles. The van der Waals surface area contributed by atoms with Crippen LogP contribution in [0.4, 0.5) is 10.8 Å². The van der Waals surface area contributed by atoms with E-state index in [1.165, 1.54) is 27.8 Å². The van der Waals surface area contributed by atoms with Gasteiger partial charge in [0.05, 0.1) is 5.92 Å². The maximum absolute atomic E-state index is 12.9. The highest BCUT2D eigenvalue weighted by atomic mass is 32.1. The Morgan fingerprint density at radius 1 is 1.25 bits per heavy atom. The van der Waals surface area contributed by atoms with Crippen molar-refractivity contribution in [2.45, 2.75) is 32.7 Å². The Balaban J connectivity index is 1.49. The van der Waals surface area contributed by atoms with Gasteiger partial charge in [-0.05, 0) is 37.0 Å². The van der Waals surface area contributed by atoms with E-state index in [4.69, 9.17) is 0 Å². The Morgan fingerprint density at radius 3 is 2.75 bits per heavy atom. The molecule has 4 rings (SSSR count). The highest BCUT2D eigenvalue weighted by Crippen LogP contribution is 2.29. The molecule has 2 amide bonds. The lowest BCUT2D eigenvalue weighted by Crippen LogP contribution is -2.42. The SMILES string of the molecule is CCc1ccc(NC(=O)Cn2cnc3nc(N4CCC[C@H](C(=O)NC)C4)sc3c2=O)cc1. The predicted molar refractivity (Wildman–Crippen MR) is 125 cm³/mol. The lowest BCUT2D eigenvalue weighted by Gasteiger charge is -2.31. The first kappa shape index (κ1) is 21.9. The van der Waals surface area contributed by atoms with Crippen LogP contribution in [-0.2, 0) is 22.6 Å². The highest BCUT2D eigenvalue weighted by Gasteiger charge is 2.27. The summed E-state index contributed by atoms with van der Waals surface area (Å²) >= 11 is 1.26. The minimum atomic E-state index is -0.299. The van der Waals surface area contributed by atoms with E-state index in [0.29, 0.717) is 27.7 Å². The number of carbonyl (C=O) groups excluding carboxylic acids is 2. The molecule has 2 aromatic heterocycles. The van der Waals surface area contributed by atoms with Crippen molar-refractivity contribution >= 4 is 44.3 Å². The summed E-state index contributed by atoms with van der Waals surface area (Å²) in [5, 5.41) is 6.19. The van der Waals surface area contributed by atoms with Crippen molar-refractivity contribution < 1.29 is 9.59 Å². The Hall–Kier alpha value is -3.27. The lowest BCUT2D eigenvalue weighted by molar-refractivity contribution is -0.124. The normalized spacial score (nSPS) is 16.2. The van der Waals surface area contributed by atoms with Gasteiger partial charge in [-0.3, -0.25) is 19.0 Å². The van der Waals surface area contributed by atoms with Gasteiger partial charge in [0, 0.05) is 25.8 Å². The average molecular weight is 455 g/mol. The van der Waals surface area contributed by atoms with Gasteiger partial charge in [-0.15, -0.1) is 0 Å². The first-order valence-corrected chi connectivity index (χ1v) is 11.5. The summed E-state index contributed by atoms with van der Waals surface area (Å²) in [5.41, 5.74) is 1.94. The Bertz CT molecular complexity index is 1190. The van der Waals surface area contributed by atoms with E-state index >= 15 is 0 Å². The Kier molecular flexibility index (Phi) is 6.50. The molecular formula is C22H26N6O3S. The minimum Gasteiger partial charge on any atom is -0.359 e. The molecule has 1 aliphatic heterocycles. The molecule has 0 spiro atoms. The first-order chi connectivity index (χ1) is 15.5. The molecule has 0 radical (unpaired) electrons. The minimum absolute atomic E-state index is 0.0200. The van der Waals surface area contributed by atoms with Crippen LogP contribution in [0.2, 0.25) is 0 Å². The van der Waals surface area contributed by atoms with Crippen LogP contribution in [-0.4, -0.2) is 46.5 Å². The summed E-state index contributed by atoms with van der Waals surface area (Å²) in [5.74, 6) is -0.376. The van der Waals surface area contributed by atoms with Crippen LogP contribution in [0.25, 0.3) is 10.3 Å². The van der Waals surface area contributed by atoms with E-state index in [0.717, 1.165) is 25.8 Å². The number of aryl methyl sites for hydroxylation is 1. The van der Waals surface area contributed by atoms with Gasteiger partial charge in [-0.1, -0.05) is 30.4 Å². The Morgan fingerprint density at radius 2 is 2.03 bits per heavy atom. The van der Waals surface area contributed by atoms with Crippen LogP contribution >= 0.6 is 11.3 Å². The van der Waals surface area contributed by atoms with Gasteiger partial charge in [-0.25, -0.2) is 4.98 Å². The number of fused-ring (bicyclic) bond motifs is 1. The highest BCUT2D eigenvalue weighted by molar-refractivity contribution is 7.22. The van der Waals surface area contributed by atoms with Gasteiger partial charge in [0.2, 0.25) is 11.8 Å². The van der Waals surface area contributed by atoms with Gasteiger partial charge >= 0.3 is 0 Å². The number of nitrogens with one attached hydrogen (secondary N) is 2. The quantitative estimate of drug-likeness (QED) is 0.590. The van der Waals surface area contributed by atoms with Crippen LogP contribution in [0.15, 0.2) is 35.4 Å². The number of hydrogen-bond acceptors (Lipinski definition) is 7. The van der Waals surface area contributed by atoms with Crippen molar-refractivity contribution in [3.8, 4) is 0 Å². The number of hydrogen-bond donors (Lipinski definition) is 2. The van der Waals surface area contributed by atoms with E-state index in [1.54, 1.807) is 7.05 Å². The smallest absolute Gasteiger partial charge is 0.273 e. The van der Waals surface area contributed by atoms with Gasteiger partial charge in [0.1, 0.15) is 17.6 Å². The fourth-order valence-electron chi connectivity index (χ4n) is 3.83. The number of thiazole rings is 1. The van der Waals surface area contributed by atoms with Crippen molar-refractivity contribution in [1.82, 2.24) is 19.9 Å². The van der Waals surface area contributed by atoms with E-state index < -0.39 is 0 Å². The number of carbonyl (C=O) groups is 2. The van der Waals surface area contributed by atoms with Gasteiger partial charge in [0.25, 0.3) is 5.56 Å². The molecule has 32 heavy (non-hydrogen) atoms. The van der Waals surface area contributed by atoms with Crippen molar-refractivity contribution in [2.75, 3.05) is 30.4 Å². The van der Waals surface area contributed by atoms with Crippen LogP contribution in [0.5, 0.6) is 0 Å². The lowest BCUT2D eigenvalue weighted by atomic mass is 9.98. The second-order valence-electron chi connectivity index (χ2n) is 7.82. The monoisotopic (exact) mass is 454 g/mol. The fourth-order valence-corrected chi connectivity index (χ4v) is 4.83. The topological polar surface area (TPSA) is 109 Å². The molecule has 0 unspecified atom stereocenters. The third-order valence-electron chi connectivity index (χ3n) is 5.64. The van der Waals surface area contributed by atoms with Crippen LogP contribution in [0, 0.1) is 5.92 Å². The first-order valence-electron chi connectivity index (χ1n) is 10.7. The van der Waals surface area contributed by atoms with Gasteiger partial charge < -0.3 is 15.5 Å². The van der Waals surface area contributed by atoms with Crippen molar-refractivity contribution in [3.05, 3.63) is 46.5 Å². The van der Waals surface area contributed by atoms with E-state index in [-0.39, 0.29) is 29.8 Å². The molecule has 1 aliphatic rings. The fraction of sp³-hybridized carbons (Fsp3) is 0.409. The second kappa shape index (κ2) is 9.47. The Labute approximate surface area is 189 Å². The summed E-state index contributed by atoms with van der Waals surface area (Å²) in [6.45, 7) is 3.28. The maximum Gasteiger partial charge on any atom is 0.273 e. The summed E-state index contributed by atoms with van der Waals surface area (Å²) in [6.07, 6.45) is 4.00. The third-order valence-corrected chi connectivity index (χ3v) is 6.73. The van der Waals surface area contributed by atoms with E-state index in [9.17, 15) is 14.4 Å². The zero-order chi connectivity index (χ0) is 22.7. The number of piperidine rings is 1. The number of anilines is 2. The molecule has 1 saturated heterocycles. The molecule has 3 heterocycles. The van der Waals surface area contributed by atoms with Crippen molar-refractivity contribution in [3.63, 3.8) is 0 Å². The summed E-state index contributed by atoms with van der Waals surface area (Å²) in [7, 11) is 1.64. The zero-order valence-electron chi connectivity index (χ0n) is 18.1. The van der Waals surface area contributed by atoms with Crippen molar-refractivity contribution in [1.29, 1.82) is 0 Å². The average Bonchev–Trinajstić information content (AvgIpc) is 3.26. The van der Waals surface area contributed by atoms with Gasteiger partial charge in [-0.2, -0.15) is 4.98 Å².